The van der Waals surface area contributed by atoms with Gasteiger partial charge in [-0.3, -0.25) is 14.4 Å². The number of carbonyl (C=O) groups is 4. The molecule has 0 radical (unpaired) electrons. The number of rotatable bonds is 5. The Balaban J connectivity index is 1.47. The summed E-state index contributed by atoms with van der Waals surface area (Å²) in [5.74, 6) is -5.07. The van der Waals surface area contributed by atoms with Crippen molar-refractivity contribution in [3.05, 3.63) is 35.8 Å². The third-order valence-corrected chi connectivity index (χ3v) is 13.0. The Bertz CT molecular complexity index is 1630. The molecule has 8 rings (SSSR count). The minimum Gasteiger partial charge on any atom is -0.472 e. The van der Waals surface area contributed by atoms with Crippen molar-refractivity contribution in [3.8, 4) is 0 Å². The number of esters is 4. The van der Waals surface area contributed by atoms with Crippen molar-refractivity contribution in [2.75, 3.05) is 7.11 Å². The summed E-state index contributed by atoms with van der Waals surface area (Å²) in [7, 11) is 1.28. The van der Waals surface area contributed by atoms with Crippen molar-refractivity contribution >= 4 is 23.9 Å². The lowest BCUT2D eigenvalue weighted by Gasteiger charge is -2.75. The Morgan fingerprint density at radius 3 is 2.43 bits per heavy atom. The topological polar surface area (TPSA) is 166 Å². The normalized spacial score (nSPS) is 51.9. The molecule has 2 saturated heterocycles. The van der Waals surface area contributed by atoms with E-state index in [0.29, 0.717) is 17.6 Å². The molecule has 3 aliphatic heterocycles. The van der Waals surface area contributed by atoms with Crippen molar-refractivity contribution in [1.82, 2.24) is 0 Å². The van der Waals surface area contributed by atoms with Gasteiger partial charge in [-0.05, 0) is 36.8 Å². The van der Waals surface area contributed by atoms with Crippen molar-refractivity contribution < 1.29 is 61.9 Å². The largest absolute Gasteiger partial charge is 0.472 e. The van der Waals surface area contributed by atoms with Crippen molar-refractivity contribution in [2.45, 2.75) is 114 Å². The maximum atomic E-state index is 13.5. The molecule has 1 N–H and O–H groups in total. The maximum Gasteiger partial charge on any atom is 0.331 e. The summed E-state index contributed by atoms with van der Waals surface area (Å²) in [5, 5.41) is 13.4. The molecule has 13 heteroatoms. The fourth-order valence-electron chi connectivity index (χ4n) is 11.8. The van der Waals surface area contributed by atoms with Gasteiger partial charge in [0.1, 0.15) is 23.4 Å². The molecule has 4 bridgehead atoms. The second-order valence-corrected chi connectivity index (χ2v) is 14.9. The van der Waals surface area contributed by atoms with E-state index in [1.54, 1.807) is 13.0 Å². The molecule has 1 aromatic heterocycles. The Morgan fingerprint density at radius 2 is 1.80 bits per heavy atom. The highest BCUT2D eigenvalue weighted by Crippen LogP contribution is 2.88. The Hall–Kier alpha value is -3.26. The number of carbonyl (C=O) groups excluding carboxylic acids is 4. The number of furan rings is 1. The fraction of sp³-hybridized carbons (Fsp3) is 0.697. The monoisotopic (exact) mass is 642 g/mol. The lowest BCUT2D eigenvalue weighted by atomic mass is 9.34. The van der Waals surface area contributed by atoms with Crippen LogP contribution in [0.4, 0.5) is 0 Å². The average molecular weight is 643 g/mol. The molecule has 4 aliphatic carbocycles. The molecule has 248 valence electrons. The van der Waals surface area contributed by atoms with Gasteiger partial charge in [0.2, 0.25) is 5.60 Å². The summed E-state index contributed by atoms with van der Waals surface area (Å²) >= 11 is 0. The molecule has 1 spiro atoms. The van der Waals surface area contributed by atoms with Crippen LogP contribution >= 0.6 is 0 Å². The molecule has 0 aromatic carbocycles. The first-order valence-corrected chi connectivity index (χ1v) is 15.6. The van der Waals surface area contributed by atoms with Crippen LogP contribution in [0, 0.1) is 22.2 Å². The molecular formula is C33H38O13. The standard InChI is InChI=1S/C33H38O13/c1-16(34)41-24-27(4)15-30(38)28(5,19(27)12-21(36)39-7)31-10-9-26(3)20(13-22(37)42-23(26)18-8-11-40-14-18)32(31)25(33(24,30)43-17(2)35)44-29(6,45-31)46-32/h8,11,13-14,19,23-25,38H,9-10,12,15H2,1-7H3. The summed E-state index contributed by atoms with van der Waals surface area (Å²) in [6.07, 6.45) is 1.53. The van der Waals surface area contributed by atoms with Gasteiger partial charge in [-0.1, -0.05) is 20.8 Å². The summed E-state index contributed by atoms with van der Waals surface area (Å²) in [4.78, 5) is 52.8. The van der Waals surface area contributed by atoms with Gasteiger partial charge in [0.05, 0.1) is 19.6 Å². The van der Waals surface area contributed by atoms with Crippen LogP contribution in [0.1, 0.15) is 78.9 Å². The molecule has 0 amide bonds. The van der Waals surface area contributed by atoms with Crippen LogP contribution in [0.3, 0.4) is 0 Å². The van der Waals surface area contributed by atoms with E-state index < -0.39 is 92.7 Å². The van der Waals surface area contributed by atoms with Gasteiger partial charge in [-0.2, -0.15) is 0 Å². The van der Waals surface area contributed by atoms with Crippen LogP contribution in [-0.4, -0.2) is 76.7 Å². The first-order valence-electron chi connectivity index (χ1n) is 15.6. The first kappa shape index (κ1) is 30.1. The summed E-state index contributed by atoms with van der Waals surface area (Å²) < 4.78 is 49.5. The average Bonchev–Trinajstić information content (AvgIpc) is 3.73. The molecule has 13 nitrogen and oxygen atoms in total. The van der Waals surface area contributed by atoms with Crippen LogP contribution in [0.5, 0.6) is 0 Å². The summed E-state index contributed by atoms with van der Waals surface area (Å²) in [5.41, 5.74) is -9.44. The molecule has 7 aliphatic rings. The quantitative estimate of drug-likeness (QED) is 0.368. The van der Waals surface area contributed by atoms with E-state index in [2.05, 4.69) is 0 Å². The van der Waals surface area contributed by atoms with E-state index in [9.17, 15) is 24.3 Å². The van der Waals surface area contributed by atoms with Crippen molar-refractivity contribution in [1.29, 1.82) is 0 Å². The van der Waals surface area contributed by atoms with Gasteiger partial charge in [0, 0.05) is 55.1 Å². The Kier molecular flexibility index (Phi) is 5.51. The van der Waals surface area contributed by atoms with Gasteiger partial charge in [0.15, 0.2) is 11.7 Å². The lowest BCUT2D eigenvalue weighted by molar-refractivity contribution is -0.443. The van der Waals surface area contributed by atoms with E-state index in [4.69, 9.17) is 37.6 Å². The maximum absolute atomic E-state index is 13.5. The predicted molar refractivity (Wildman–Crippen MR) is 150 cm³/mol. The first-order chi connectivity index (χ1) is 21.4. The lowest BCUT2D eigenvalue weighted by Crippen LogP contribution is -2.92. The van der Waals surface area contributed by atoms with Crippen molar-refractivity contribution in [2.24, 2.45) is 22.2 Å². The highest BCUT2D eigenvalue weighted by atomic mass is 17.0. The van der Waals surface area contributed by atoms with Crippen LogP contribution in [-0.2, 0) is 52.3 Å². The van der Waals surface area contributed by atoms with Gasteiger partial charge in [0.25, 0.3) is 5.97 Å². The summed E-state index contributed by atoms with van der Waals surface area (Å²) in [6, 6.07) is 1.73. The predicted octanol–water partition coefficient (Wildman–Crippen LogP) is 2.79. The van der Waals surface area contributed by atoms with Crippen LogP contribution in [0.25, 0.3) is 0 Å². The van der Waals surface area contributed by atoms with Gasteiger partial charge < -0.3 is 42.7 Å². The SMILES string of the molecule is COC(=O)CC1C2(C)CC3(O)C(OC(C)=O)(C2OC(C)=O)C2OC4(C)OC25C2=CC(=O)OC(c6ccoc6)C2(C)CCC5(O4)C13C. The van der Waals surface area contributed by atoms with E-state index in [1.807, 2.05) is 20.8 Å². The molecular weight excluding hydrogens is 604 g/mol. The van der Waals surface area contributed by atoms with Gasteiger partial charge in [-0.25, -0.2) is 4.79 Å². The van der Waals surface area contributed by atoms with E-state index in [0.717, 1.165) is 0 Å². The van der Waals surface area contributed by atoms with Crippen LogP contribution < -0.4 is 0 Å². The minimum absolute atomic E-state index is 0.0167. The number of methoxy groups -OCH3 is 1. The fourth-order valence-corrected chi connectivity index (χ4v) is 11.8. The third-order valence-electron chi connectivity index (χ3n) is 13.0. The number of aliphatic hydroxyl groups is 1. The number of cyclic esters (lactones) is 1. The molecule has 12 atom stereocenters. The smallest absolute Gasteiger partial charge is 0.331 e. The zero-order valence-corrected chi connectivity index (χ0v) is 26.8. The van der Waals surface area contributed by atoms with Gasteiger partial charge >= 0.3 is 23.9 Å². The number of hydrogen-bond donors (Lipinski definition) is 1. The molecule has 4 saturated carbocycles. The highest BCUT2D eigenvalue weighted by molar-refractivity contribution is 5.86. The zero-order chi connectivity index (χ0) is 33.1. The molecule has 12 unspecified atom stereocenters. The number of hydrogen-bond acceptors (Lipinski definition) is 13. The zero-order valence-electron chi connectivity index (χ0n) is 26.8. The molecule has 6 fully saturated rings. The second-order valence-electron chi connectivity index (χ2n) is 14.9. The van der Waals surface area contributed by atoms with E-state index >= 15 is 0 Å². The second kappa shape index (κ2) is 8.41. The van der Waals surface area contributed by atoms with E-state index in [1.165, 1.54) is 39.6 Å². The van der Waals surface area contributed by atoms with Crippen molar-refractivity contribution in [3.63, 3.8) is 0 Å². The molecule has 46 heavy (non-hydrogen) atoms. The highest BCUT2D eigenvalue weighted by Gasteiger charge is 3.03. The summed E-state index contributed by atoms with van der Waals surface area (Å²) in [6.45, 7) is 9.66. The Morgan fingerprint density at radius 1 is 1.07 bits per heavy atom. The van der Waals surface area contributed by atoms with Gasteiger partial charge in [-0.15, -0.1) is 0 Å². The minimum atomic E-state index is -2.04. The van der Waals surface area contributed by atoms with E-state index in [-0.39, 0.29) is 19.3 Å². The Labute approximate surface area is 264 Å². The molecule has 1 aromatic rings. The third kappa shape index (κ3) is 2.83. The van der Waals surface area contributed by atoms with Crippen LogP contribution in [0.15, 0.2) is 34.7 Å². The molecule has 4 heterocycles. The number of fused-ring (bicyclic) bond motifs is 4. The number of ether oxygens (including phenoxy) is 7. The van der Waals surface area contributed by atoms with Crippen LogP contribution in [0.2, 0.25) is 0 Å².